The predicted octanol–water partition coefficient (Wildman–Crippen LogP) is 2.77. The molecule has 1 aliphatic carbocycles. The lowest BCUT2D eigenvalue weighted by Gasteiger charge is -2.40. The lowest BCUT2D eigenvalue weighted by Crippen LogP contribution is -2.59. The zero-order valence-electron chi connectivity index (χ0n) is 35.1. The Balaban J connectivity index is 1.15. The quantitative estimate of drug-likeness (QED) is 0.342. The van der Waals surface area contributed by atoms with Crippen molar-refractivity contribution in [3.05, 3.63) is 47.5 Å². The maximum Gasteiger partial charge on any atom is 0.410 e. The number of nitrogens with one attached hydrogen (secondary N) is 3. The number of fused-ring (bicyclic) bond motifs is 3. The second-order valence-corrected chi connectivity index (χ2v) is 19.6. The van der Waals surface area contributed by atoms with Crippen LogP contribution in [-0.4, -0.2) is 146 Å². The van der Waals surface area contributed by atoms with E-state index in [4.69, 9.17) is 14.2 Å². The van der Waals surface area contributed by atoms with Gasteiger partial charge in [0.25, 0.3) is 5.91 Å². The zero-order chi connectivity index (χ0) is 42.7. The molecule has 1 aromatic carbocycles. The number of rotatable bonds is 7. The minimum atomic E-state index is -4.16. The normalized spacial score (nSPS) is 29.6. The van der Waals surface area contributed by atoms with Crippen LogP contribution in [0.2, 0.25) is 0 Å². The molecular formula is C42H61N7O10S. The molecule has 5 heterocycles. The first-order valence-corrected chi connectivity index (χ1v) is 23.0. The summed E-state index contributed by atoms with van der Waals surface area (Å²) in [5.74, 6) is -2.56. The third kappa shape index (κ3) is 10.3. The van der Waals surface area contributed by atoms with Gasteiger partial charge < -0.3 is 29.7 Å². The number of allylic oxidation sites excluding steroid dienone is 1. The SMILES string of the molecule is CC(C)(C)OC(=O)N[C@H]1CCCCCC=CC2C[C@@]2(C(=O)NS(=O)(=O)N2CCCC2)NC(=O)[C@@H]2C[C@@H](OC(=O)N3CCc4ccccc4C3CN3CCOCC3)CN2C1=O. The molecule has 2 unspecified atom stereocenters. The van der Waals surface area contributed by atoms with Gasteiger partial charge in [-0.15, -0.1) is 0 Å². The van der Waals surface area contributed by atoms with Crippen molar-refractivity contribution in [2.75, 3.05) is 59.0 Å². The number of hydrogen-bond acceptors (Lipinski definition) is 11. The Labute approximate surface area is 353 Å². The van der Waals surface area contributed by atoms with E-state index >= 15 is 0 Å². The second-order valence-electron chi connectivity index (χ2n) is 17.9. The van der Waals surface area contributed by atoms with Gasteiger partial charge in [0.05, 0.1) is 25.8 Å². The summed E-state index contributed by atoms with van der Waals surface area (Å²) in [6.07, 6.45) is 6.66. The van der Waals surface area contributed by atoms with Crippen molar-refractivity contribution in [3.63, 3.8) is 0 Å². The zero-order valence-corrected chi connectivity index (χ0v) is 35.9. The predicted molar refractivity (Wildman–Crippen MR) is 219 cm³/mol. The van der Waals surface area contributed by atoms with Gasteiger partial charge in [-0.3, -0.25) is 24.2 Å². The van der Waals surface area contributed by atoms with Crippen LogP contribution in [0.5, 0.6) is 0 Å². The molecule has 6 atom stereocenters. The fourth-order valence-corrected chi connectivity index (χ4v) is 10.4. The summed E-state index contributed by atoms with van der Waals surface area (Å²) in [5.41, 5.74) is -0.204. The molecule has 0 spiro atoms. The maximum atomic E-state index is 14.6. The van der Waals surface area contributed by atoms with E-state index in [1.165, 1.54) is 9.21 Å². The highest BCUT2D eigenvalue weighted by Crippen LogP contribution is 2.46. The van der Waals surface area contributed by atoms with Gasteiger partial charge in [0.2, 0.25) is 11.8 Å². The lowest BCUT2D eigenvalue weighted by molar-refractivity contribution is -0.141. The number of carbonyl (C=O) groups is 5. The summed E-state index contributed by atoms with van der Waals surface area (Å²) in [7, 11) is -4.16. The van der Waals surface area contributed by atoms with Crippen LogP contribution in [0.15, 0.2) is 36.4 Å². The number of morpholine rings is 1. The minimum absolute atomic E-state index is 0.0781. The average Bonchev–Trinajstić information content (AvgIpc) is 3.50. The van der Waals surface area contributed by atoms with Crippen LogP contribution in [-0.2, 0) is 45.2 Å². The van der Waals surface area contributed by atoms with E-state index in [9.17, 15) is 32.4 Å². The number of ether oxygens (including phenoxy) is 3. The van der Waals surface area contributed by atoms with E-state index in [1.807, 2.05) is 30.4 Å². The molecule has 1 aromatic rings. The van der Waals surface area contributed by atoms with Crippen LogP contribution in [0.3, 0.4) is 0 Å². The highest BCUT2D eigenvalue weighted by Gasteiger charge is 2.62. The van der Waals surface area contributed by atoms with Gasteiger partial charge in [-0.2, -0.15) is 12.7 Å². The monoisotopic (exact) mass is 855 g/mol. The Morgan fingerprint density at radius 2 is 1.73 bits per heavy atom. The van der Waals surface area contributed by atoms with Gasteiger partial charge in [0, 0.05) is 51.6 Å². The van der Waals surface area contributed by atoms with Crippen molar-refractivity contribution >= 4 is 40.1 Å². The Kier molecular flexibility index (Phi) is 13.4. The Morgan fingerprint density at radius 1 is 0.983 bits per heavy atom. The third-order valence-electron chi connectivity index (χ3n) is 12.4. The number of nitrogens with zero attached hydrogens (tertiary/aromatic N) is 4. The smallest absolute Gasteiger partial charge is 0.410 e. The van der Waals surface area contributed by atoms with Crippen LogP contribution in [0, 0.1) is 5.92 Å². The molecule has 3 N–H and O–H groups in total. The highest BCUT2D eigenvalue weighted by molar-refractivity contribution is 7.87. The summed E-state index contributed by atoms with van der Waals surface area (Å²) in [4.78, 5) is 75.9. The first-order chi connectivity index (χ1) is 28.6. The average molecular weight is 856 g/mol. The summed E-state index contributed by atoms with van der Waals surface area (Å²) >= 11 is 0. The molecular weight excluding hydrogens is 795 g/mol. The van der Waals surface area contributed by atoms with Crippen molar-refractivity contribution in [2.45, 2.75) is 120 Å². The lowest BCUT2D eigenvalue weighted by atomic mass is 9.92. The Morgan fingerprint density at radius 3 is 2.48 bits per heavy atom. The molecule has 0 radical (unpaired) electrons. The number of alkyl carbamates (subject to hydrolysis) is 1. The first kappa shape index (κ1) is 43.8. The molecule has 17 nitrogen and oxygen atoms in total. The fourth-order valence-electron chi connectivity index (χ4n) is 9.12. The largest absolute Gasteiger partial charge is 0.444 e. The van der Waals surface area contributed by atoms with Gasteiger partial charge in [-0.25, -0.2) is 14.3 Å². The van der Waals surface area contributed by atoms with Crippen molar-refractivity contribution in [1.82, 2.24) is 34.4 Å². The molecule has 1 saturated carbocycles. The number of benzene rings is 1. The molecule has 4 fully saturated rings. The first-order valence-electron chi connectivity index (χ1n) is 21.6. The minimum Gasteiger partial charge on any atom is -0.444 e. The maximum absolute atomic E-state index is 14.6. The van der Waals surface area contributed by atoms with Crippen molar-refractivity contribution < 1.29 is 46.6 Å². The summed E-state index contributed by atoms with van der Waals surface area (Å²) in [6, 6.07) is 5.51. The summed E-state index contributed by atoms with van der Waals surface area (Å²) in [6.45, 7) is 9.28. The second kappa shape index (κ2) is 18.4. The van der Waals surface area contributed by atoms with Crippen molar-refractivity contribution in [1.29, 1.82) is 0 Å². The van der Waals surface area contributed by atoms with E-state index in [1.54, 1.807) is 25.7 Å². The van der Waals surface area contributed by atoms with Gasteiger partial charge >= 0.3 is 22.4 Å². The molecule has 3 saturated heterocycles. The summed E-state index contributed by atoms with van der Waals surface area (Å²) < 4.78 is 47.3. The van der Waals surface area contributed by atoms with Crippen LogP contribution < -0.4 is 15.4 Å². The molecule has 6 aliphatic rings. The van der Waals surface area contributed by atoms with Crippen LogP contribution in [0.1, 0.15) is 95.7 Å². The summed E-state index contributed by atoms with van der Waals surface area (Å²) in [5, 5.41) is 5.61. The van der Waals surface area contributed by atoms with Crippen LogP contribution >= 0.6 is 0 Å². The van der Waals surface area contributed by atoms with Gasteiger partial charge in [-0.1, -0.05) is 49.3 Å². The van der Waals surface area contributed by atoms with Gasteiger partial charge in [0.15, 0.2) is 0 Å². The molecule has 0 bridgehead atoms. The molecule has 18 heteroatoms. The third-order valence-corrected chi connectivity index (χ3v) is 13.9. The van der Waals surface area contributed by atoms with E-state index in [-0.39, 0.29) is 31.8 Å². The Bertz CT molecular complexity index is 1910. The molecule has 330 valence electrons. The topological polar surface area (TPSA) is 196 Å². The van der Waals surface area contributed by atoms with E-state index in [2.05, 4.69) is 26.3 Å². The molecule has 5 amide bonds. The molecule has 7 rings (SSSR count). The highest BCUT2D eigenvalue weighted by atomic mass is 32.2. The standard InChI is InChI=1S/C42H61N7O10S/c1-41(2,3)59-39(53)43-33-16-8-6-4-5-7-14-30-26-42(30,38(52)45-60(55,56)47-18-11-12-19-47)44-36(50)34-25-31(27-49(34)37(33)51)58-40(54)48-20-17-29-13-9-10-15-32(29)35(48)28-46-21-23-57-24-22-46/h7,9-10,13-15,30-31,33-35H,4-6,8,11-12,16-28H2,1-3H3,(H,43,53)(H,44,50)(H,45,52)/t30?,31-,33+,34+,35?,42-/m1/s1. The number of amides is 5. The molecule has 0 aromatic heterocycles. The molecule has 5 aliphatic heterocycles. The fraction of sp³-hybridized carbons (Fsp3) is 0.690. The van der Waals surface area contributed by atoms with Gasteiger partial charge in [0.1, 0.15) is 29.3 Å². The Hall–Kier alpha value is -4.26. The molecule has 60 heavy (non-hydrogen) atoms. The van der Waals surface area contributed by atoms with E-state index in [0.717, 1.165) is 37.1 Å². The van der Waals surface area contributed by atoms with Crippen molar-refractivity contribution in [3.8, 4) is 0 Å². The van der Waals surface area contributed by atoms with Gasteiger partial charge in [-0.05, 0) is 76.8 Å². The van der Waals surface area contributed by atoms with Crippen LogP contribution in [0.25, 0.3) is 0 Å². The van der Waals surface area contributed by atoms with E-state index < -0.39 is 75.4 Å². The van der Waals surface area contributed by atoms with Crippen LogP contribution in [0.4, 0.5) is 9.59 Å². The number of carbonyl (C=O) groups excluding carboxylic acids is 5. The van der Waals surface area contributed by atoms with Crippen molar-refractivity contribution in [2.24, 2.45) is 5.92 Å². The van der Waals surface area contributed by atoms with E-state index in [0.29, 0.717) is 71.5 Å². The number of hydrogen-bond donors (Lipinski definition) is 3.